The molecule has 1 N–H and O–H groups in total. The van der Waals surface area contributed by atoms with Gasteiger partial charge < -0.3 is 29.3 Å². The summed E-state index contributed by atoms with van der Waals surface area (Å²) in [5.41, 5.74) is 0.263. The van der Waals surface area contributed by atoms with Gasteiger partial charge in [-0.3, -0.25) is 19.2 Å². The first-order valence-electron chi connectivity index (χ1n) is 18.3. The number of allylic oxidation sites excluding steroid dienone is 1. The van der Waals surface area contributed by atoms with Crippen molar-refractivity contribution in [3.8, 4) is 0 Å². The van der Waals surface area contributed by atoms with Crippen molar-refractivity contribution >= 4 is 39.6 Å². The van der Waals surface area contributed by atoms with Crippen LogP contribution >= 0.6 is 15.9 Å². The third-order valence-corrected chi connectivity index (χ3v) is 12.2. The molecule has 1 unspecified atom stereocenters. The standard InChI is InChI=1S/C41H52BrN3O7/c1-7-10-21-32(47)43(6)27(5)35(29-19-15-12-16-20-29)51-40(50)33-34-38(48)45(31(25-46)26(4)9-3)37(41(34)23-30(42)36(33)52-41)39(49)44(22-8-2)24-28-17-13-11-14-18-28/h7-8,11-20,26-27,30-31,33-37,46H,1-2,9-10,21-25H2,3-6H3/t26-,27+,30?,31-,33+,34-,35-,36+,37+,41-/m0/s1. The number of ether oxygens (including phenoxy) is 2. The van der Waals surface area contributed by atoms with Crippen LogP contribution in [0.5, 0.6) is 0 Å². The predicted octanol–water partition coefficient (Wildman–Crippen LogP) is 5.45. The van der Waals surface area contributed by atoms with Gasteiger partial charge in [0, 0.05) is 31.4 Å². The Hall–Kier alpha value is -3.80. The van der Waals surface area contributed by atoms with Gasteiger partial charge in [0.15, 0.2) is 0 Å². The number of fused-ring (bicyclic) bond motifs is 1. The lowest BCUT2D eigenvalue weighted by Gasteiger charge is -2.41. The number of hydrogen-bond donors (Lipinski definition) is 1. The predicted molar refractivity (Wildman–Crippen MR) is 202 cm³/mol. The molecule has 0 radical (unpaired) electrons. The zero-order chi connectivity index (χ0) is 37.7. The Bertz CT molecular complexity index is 1610. The van der Waals surface area contributed by atoms with E-state index in [1.807, 2.05) is 81.4 Å². The maximum absolute atomic E-state index is 14.9. The number of alkyl halides is 1. The molecule has 11 heteroatoms. The molecule has 0 aromatic heterocycles. The first kappa shape index (κ1) is 39.4. The second-order valence-electron chi connectivity index (χ2n) is 14.4. The minimum Gasteiger partial charge on any atom is -0.455 e. The highest BCUT2D eigenvalue weighted by Gasteiger charge is 2.77. The van der Waals surface area contributed by atoms with Gasteiger partial charge in [0.25, 0.3) is 0 Å². The average Bonchev–Trinajstić information content (AvgIpc) is 3.75. The van der Waals surface area contributed by atoms with Crippen molar-refractivity contribution in [1.82, 2.24) is 14.7 Å². The van der Waals surface area contributed by atoms with E-state index in [2.05, 4.69) is 29.1 Å². The number of nitrogens with zero attached hydrogens (tertiary/aromatic N) is 3. The minimum atomic E-state index is -1.35. The van der Waals surface area contributed by atoms with Crippen LogP contribution in [-0.4, -0.2) is 98.4 Å². The molecule has 5 rings (SSSR count). The molecule has 0 saturated carbocycles. The smallest absolute Gasteiger partial charge is 0.313 e. The van der Waals surface area contributed by atoms with Crippen LogP contribution in [0, 0.1) is 17.8 Å². The molecule has 52 heavy (non-hydrogen) atoms. The van der Waals surface area contributed by atoms with Crippen molar-refractivity contribution in [3.63, 3.8) is 0 Å². The van der Waals surface area contributed by atoms with Gasteiger partial charge in [-0.2, -0.15) is 0 Å². The molecular weight excluding hydrogens is 726 g/mol. The van der Waals surface area contributed by atoms with Crippen LogP contribution in [0.3, 0.4) is 0 Å². The number of amides is 3. The quantitative estimate of drug-likeness (QED) is 0.129. The van der Waals surface area contributed by atoms with Gasteiger partial charge in [0.2, 0.25) is 17.7 Å². The highest BCUT2D eigenvalue weighted by atomic mass is 79.9. The molecule has 3 saturated heterocycles. The fourth-order valence-corrected chi connectivity index (χ4v) is 9.22. The maximum Gasteiger partial charge on any atom is 0.313 e. The Morgan fingerprint density at radius 3 is 2.35 bits per heavy atom. The van der Waals surface area contributed by atoms with E-state index in [9.17, 15) is 24.3 Å². The fourth-order valence-electron chi connectivity index (χ4n) is 8.28. The van der Waals surface area contributed by atoms with E-state index in [4.69, 9.17) is 9.47 Å². The van der Waals surface area contributed by atoms with Crippen LogP contribution in [0.1, 0.15) is 63.7 Å². The van der Waals surface area contributed by atoms with E-state index in [0.717, 1.165) is 5.56 Å². The summed E-state index contributed by atoms with van der Waals surface area (Å²) in [7, 11) is 1.69. The second-order valence-corrected chi connectivity index (χ2v) is 15.6. The van der Waals surface area contributed by atoms with Crippen LogP contribution in [0.4, 0.5) is 0 Å². The largest absolute Gasteiger partial charge is 0.455 e. The molecule has 2 aromatic rings. The molecule has 3 aliphatic heterocycles. The van der Waals surface area contributed by atoms with Crippen LogP contribution < -0.4 is 0 Å². The molecule has 3 aliphatic rings. The van der Waals surface area contributed by atoms with Crippen LogP contribution in [0.15, 0.2) is 86.0 Å². The van der Waals surface area contributed by atoms with Gasteiger partial charge >= 0.3 is 5.97 Å². The third-order valence-electron chi connectivity index (χ3n) is 11.3. The number of aliphatic hydroxyl groups is 1. The molecule has 1 spiro atoms. The highest BCUT2D eigenvalue weighted by Crippen LogP contribution is 2.61. The van der Waals surface area contributed by atoms with Crippen molar-refractivity contribution < 1.29 is 33.8 Å². The van der Waals surface area contributed by atoms with Crippen molar-refractivity contribution in [2.45, 2.75) is 93.8 Å². The minimum absolute atomic E-state index is 0.116. The summed E-state index contributed by atoms with van der Waals surface area (Å²) >= 11 is 3.76. The monoisotopic (exact) mass is 777 g/mol. The lowest BCUT2D eigenvalue weighted by molar-refractivity contribution is -0.165. The summed E-state index contributed by atoms with van der Waals surface area (Å²) in [6, 6.07) is 16.5. The molecule has 2 aromatic carbocycles. The van der Waals surface area contributed by atoms with E-state index < -0.39 is 59.6 Å². The van der Waals surface area contributed by atoms with Gasteiger partial charge in [-0.25, -0.2) is 0 Å². The van der Waals surface area contributed by atoms with E-state index in [-0.39, 0.29) is 48.7 Å². The number of aliphatic hydroxyl groups excluding tert-OH is 1. The van der Waals surface area contributed by atoms with E-state index in [0.29, 0.717) is 24.8 Å². The topological polar surface area (TPSA) is 117 Å². The average molecular weight is 779 g/mol. The number of carbonyl (C=O) groups is 4. The zero-order valence-corrected chi connectivity index (χ0v) is 32.2. The molecule has 3 amide bonds. The van der Waals surface area contributed by atoms with Gasteiger partial charge in [-0.1, -0.05) is 109 Å². The van der Waals surface area contributed by atoms with Gasteiger partial charge in [-0.15, -0.1) is 13.2 Å². The lowest BCUT2D eigenvalue weighted by atomic mass is 9.70. The molecule has 0 aliphatic carbocycles. The first-order valence-corrected chi connectivity index (χ1v) is 19.2. The van der Waals surface area contributed by atoms with Crippen molar-refractivity contribution in [2.75, 3.05) is 20.2 Å². The first-order chi connectivity index (χ1) is 24.9. The van der Waals surface area contributed by atoms with Crippen LogP contribution in [0.2, 0.25) is 0 Å². The Kier molecular flexibility index (Phi) is 12.8. The van der Waals surface area contributed by atoms with Gasteiger partial charge in [0.1, 0.15) is 17.7 Å². The van der Waals surface area contributed by atoms with Crippen LogP contribution in [-0.2, 0) is 35.2 Å². The van der Waals surface area contributed by atoms with Crippen molar-refractivity contribution in [3.05, 3.63) is 97.1 Å². The Morgan fingerprint density at radius 2 is 1.75 bits per heavy atom. The summed E-state index contributed by atoms with van der Waals surface area (Å²) in [4.78, 5) is 62.0. The number of esters is 1. The number of benzene rings is 2. The number of likely N-dealkylation sites (tertiary alicyclic amines) is 1. The SMILES string of the molecule is C=CCCC(=O)N(C)[C@H](C)[C@H](OC(=O)[C@H]1[C@@H]2O[C@@]3(CC2Br)[C@@H]1C(=O)N([C@@H](CO)[C@@H](C)CC)[C@@H]3C(=O)N(CC=C)Cc1ccccc1)c1ccccc1. The molecule has 10 atom stereocenters. The summed E-state index contributed by atoms with van der Waals surface area (Å²) < 4.78 is 13.2. The Morgan fingerprint density at radius 1 is 1.10 bits per heavy atom. The highest BCUT2D eigenvalue weighted by molar-refractivity contribution is 9.09. The summed E-state index contributed by atoms with van der Waals surface area (Å²) in [5.74, 6) is -3.69. The molecule has 3 fully saturated rings. The number of halogens is 1. The maximum atomic E-state index is 14.9. The number of likely N-dealkylation sites (N-methyl/N-ethyl adjacent to an activating group) is 1. The normalized spacial score (nSPS) is 26.9. The molecule has 2 bridgehead atoms. The van der Waals surface area contributed by atoms with Gasteiger partial charge in [-0.05, 0) is 36.8 Å². The molecular formula is C41H52BrN3O7. The fraction of sp³-hybridized carbons (Fsp3) is 0.512. The molecule has 10 nitrogen and oxygen atoms in total. The summed E-state index contributed by atoms with van der Waals surface area (Å²) in [6.45, 7) is 13.5. The number of rotatable bonds is 17. The second kappa shape index (κ2) is 16.9. The number of carbonyl (C=O) groups excluding carboxylic acids is 4. The number of hydrogen-bond acceptors (Lipinski definition) is 7. The molecule has 3 heterocycles. The summed E-state index contributed by atoms with van der Waals surface area (Å²) in [6.07, 6.45) is 3.50. The van der Waals surface area contributed by atoms with Crippen molar-refractivity contribution in [1.29, 1.82) is 0 Å². The van der Waals surface area contributed by atoms with E-state index >= 15 is 0 Å². The third kappa shape index (κ3) is 7.37. The Balaban J connectivity index is 1.54. The Labute approximate surface area is 315 Å². The van der Waals surface area contributed by atoms with Crippen molar-refractivity contribution in [2.24, 2.45) is 17.8 Å². The van der Waals surface area contributed by atoms with E-state index in [1.165, 1.54) is 4.90 Å². The lowest BCUT2D eigenvalue weighted by Crippen LogP contribution is -2.59. The van der Waals surface area contributed by atoms with E-state index in [1.54, 1.807) is 29.0 Å². The molecule has 280 valence electrons. The summed E-state index contributed by atoms with van der Waals surface area (Å²) in [5, 5.41) is 10.8. The van der Waals surface area contributed by atoms with Crippen LogP contribution in [0.25, 0.3) is 0 Å². The van der Waals surface area contributed by atoms with Gasteiger partial charge in [0.05, 0.1) is 36.6 Å². The zero-order valence-electron chi connectivity index (χ0n) is 30.6.